The first kappa shape index (κ1) is 13.1. The number of carbonyl (C=O) groups is 1. The first-order valence-electron chi connectivity index (χ1n) is 7.01. The number of aryl methyl sites for hydroxylation is 1. The van der Waals surface area contributed by atoms with E-state index in [2.05, 4.69) is 5.32 Å². The van der Waals surface area contributed by atoms with Crippen molar-refractivity contribution < 1.29 is 9.90 Å². The van der Waals surface area contributed by atoms with E-state index in [1.807, 2.05) is 25.1 Å². The van der Waals surface area contributed by atoms with Crippen molar-refractivity contribution in [3.8, 4) is 0 Å². The number of benzene rings is 1. The number of rotatable bonds is 2. The maximum atomic E-state index is 11.5. The number of aromatic carboxylic acids is 1. The molecule has 0 spiro atoms. The number of aromatic nitrogens is 1. The van der Waals surface area contributed by atoms with Gasteiger partial charge in [-0.2, -0.15) is 0 Å². The van der Waals surface area contributed by atoms with Crippen molar-refractivity contribution >= 4 is 16.9 Å². The highest BCUT2D eigenvalue weighted by Gasteiger charge is 2.20. The van der Waals surface area contributed by atoms with Crippen molar-refractivity contribution in [1.29, 1.82) is 0 Å². The first-order valence-corrected chi connectivity index (χ1v) is 7.01. The van der Waals surface area contributed by atoms with Gasteiger partial charge in [0, 0.05) is 17.0 Å². The van der Waals surface area contributed by atoms with Crippen LogP contribution in [-0.2, 0) is 0 Å². The van der Waals surface area contributed by atoms with E-state index < -0.39 is 5.97 Å². The average molecular weight is 270 g/mol. The van der Waals surface area contributed by atoms with Gasteiger partial charge in [0.15, 0.2) is 0 Å². The minimum absolute atomic E-state index is 0.360. The number of carboxylic acid groups (broad SMARTS) is 1. The van der Waals surface area contributed by atoms with Crippen LogP contribution in [-0.4, -0.2) is 29.1 Å². The van der Waals surface area contributed by atoms with Gasteiger partial charge in [-0.1, -0.05) is 18.2 Å². The van der Waals surface area contributed by atoms with Crippen LogP contribution in [0.4, 0.5) is 0 Å². The minimum atomic E-state index is -0.877. The number of carboxylic acids is 1. The van der Waals surface area contributed by atoms with E-state index >= 15 is 0 Å². The summed E-state index contributed by atoms with van der Waals surface area (Å²) in [6, 6.07) is 7.47. The van der Waals surface area contributed by atoms with Crippen LogP contribution < -0.4 is 5.32 Å². The third-order valence-electron chi connectivity index (χ3n) is 4.05. The summed E-state index contributed by atoms with van der Waals surface area (Å²) < 4.78 is 0. The van der Waals surface area contributed by atoms with E-state index in [-0.39, 0.29) is 0 Å². The Bertz CT molecular complexity index is 661. The van der Waals surface area contributed by atoms with E-state index in [1.54, 1.807) is 6.07 Å². The second kappa shape index (κ2) is 5.21. The topological polar surface area (TPSA) is 62.2 Å². The van der Waals surface area contributed by atoms with Crippen molar-refractivity contribution in [2.45, 2.75) is 25.7 Å². The quantitative estimate of drug-likeness (QED) is 0.880. The normalized spacial score (nSPS) is 16.4. The smallest absolute Gasteiger partial charge is 0.336 e. The lowest BCUT2D eigenvalue weighted by atomic mass is 9.92. The Labute approximate surface area is 117 Å². The molecule has 1 aromatic carbocycles. The Morgan fingerprint density at radius 2 is 2.10 bits per heavy atom. The van der Waals surface area contributed by atoms with Crippen LogP contribution in [0.15, 0.2) is 24.3 Å². The lowest BCUT2D eigenvalue weighted by Gasteiger charge is -2.23. The third kappa shape index (κ3) is 2.27. The van der Waals surface area contributed by atoms with Crippen LogP contribution >= 0.6 is 0 Å². The molecule has 20 heavy (non-hydrogen) atoms. The van der Waals surface area contributed by atoms with E-state index in [9.17, 15) is 9.90 Å². The second-order valence-electron chi connectivity index (χ2n) is 5.40. The lowest BCUT2D eigenvalue weighted by Crippen LogP contribution is -2.27. The first-order chi connectivity index (χ1) is 9.66. The van der Waals surface area contributed by atoms with Crippen LogP contribution in [0.1, 0.15) is 40.4 Å². The van der Waals surface area contributed by atoms with Gasteiger partial charge in [-0.3, -0.25) is 4.98 Å². The lowest BCUT2D eigenvalue weighted by molar-refractivity contribution is 0.0699. The molecule has 0 unspecified atom stereocenters. The summed E-state index contributed by atoms with van der Waals surface area (Å²) in [5.74, 6) is -0.517. The van der Waals surface area contributed by atoms with Crippen LogP contribution in [0.3, 0.4) is 0 Å². The van der Waals surface area contributed by atoms with Gasteiger partial charge >= 0.3 is 5.97 Å². The summed E-state index contributed by atoms with van der Waals surface area (Å²) in [5.41, 5.74) is 3.14. The van der Waals surface area contributed by atoms with Gasteiger partial charge in [0.2, 0.25) is 0 Å². The summed E-state index contributed by atoms with van der Waals surface area (Å²) in [6.45, 7) is 3.92. The molecule has 1 fully saturated rings. The van der Waals surface area contributed by atoms with E-state index in [1.165, 1.54) is 0 Å². The zero-order chi connectivity index (χ0) is 14.1. The Hall–Kier alpha value is -1.94. The molecule has 2 aromatic rings. The Morgan fingerprint density at radius 3 is 2.80 bits per heavy atom. The summed E-state index contributed by atoms with van der Waals surface area (Å²) in [4.78, 5) is 16.3. The molecule has 0 aliphatic carbocycles. The van der Waals surface area contributed by atoms with Crippen LogP contribution in [0.5, 0.6) is 0 Å². The molecule has 1 aliphatic rings. The molecule has 0 saturated carbocycles. The fraction of sp³-hybridized carbons (Fsp3) is 0.375. The number of para-hydroxylation sites is 1. The van der Waals surface area contributed by atoms with Gasteiger partial charge < -0.3 is 10.4 Å². The number of piperidine rings is 1. The number of pyridine rings is 1. The molecule has 0 atom stereocenters. The standard InChI is InChI=1S/C16H18N2O2/c1-10-3-2-4-12-13(16(19)20)9-14(18-15(10)12)11-5-7-17-8-6-11/h2-4,9,11,17H,5-8H2,1H3,(H,19,20). The van der Waals surface area contributed by atoms with Crippen molar-refractivity contribution in [1.82, 2.24) is 10.3 Å². The fourth-order valence-corrected chi connectivity index (χ4v) is 2.92. The van der Waals surface area contributed by atoms with Crippen molar-refractivity contribution in [2.24, 2.45) is 0 Å². The molecule has 3 rings (SSSR count). The molecular formula is C16H18N2O2. The molecule has 104 valence electrons. The molecular weight excluding hydrogens is 252 g/mol. The molecule has 2 N–H and O–H groups in total. The summed E-state index contributed by atoms with van der Waals surface area (Å²) in [6.07, 6.45) is 2.03. The van der Waals surface area contributed by atoms with E-state index in [0.717, 1.165) is 48.1 Å². The van der Waals surface area contributed by atoms with Crippen molar-refractivity contribution in [3.05, 3.63) is 41.1 Å². The molecule has 1 saturated heterocycles. The predicted octanol–water partition coefficient (Wildman–Crippen LogP) is 2.71. The van der Waals surface area contributed by atoms with E-state index in [4.69, 9.17) is 4.98 Å². The molecule has 1 aliphatic heterocycles. The molecule has 1 aromatic heterocycles. The molecule has 0 bridgehead atoms. The highest BCUT2D eigenvalue weighted by atomic mass is 16.4. The number of nitrogens with one attached hydrogen (secondary N) is 1. The molecule has 4 heteroatoms. The maximum Gasteiger partial charge on any atom is 0.336 e. The van der Waals surface area contributed by atoms with Crippen LogP contribution in [0, 0.1) is 6.92 Å². The summed E-state index contributed by atoms with van der Waals surface area (Å²) >= 11 is 0. The SMILES string of the molecule is Cc1cccc2c(C(=O)O)cc(C3CCNCC3)nc12. The molecule has 2 heterocycles. The Balaban J connectivity index is 2.18. The monoisotopic (exact) mass is 270 g/mol. The Morgan fingerprint density at radius 1 is 1.35 bits per heavy atom. The van der Waals surface area contributed by atoms with Gasteiger partial charge in [0.1, 0.15) is 0 Å². The molecule has 0 radical (unpaired) electrons. The number of hydrogen-bond acceptors (Lipinski definition) is 3. The van der Waals surface area contributed by atoms with Crippen LogP contribution in [0.2, 0.25) is 0 Å². The predicted molar refractivity (Wildman–Crippen MR) is 78.3 cm³/mol. The van der Waals surface area contributed by atoms with Gasteiger partial charge in [-0.05, 0) is 44.5 Å². The second-order valence-corrected chi connectivity index (χ2v) is 5.40. The Kier molecular flexibility index (Phi) is 3.40. The van der Waals surface area contributed by atoms with Gasteiger partial charge in [-0.25, -0.2) is 4.79 Å². The van der Waals surface area contributed by atoms with Crippen molar-refractivity contribution in [2.75, 3.05) is 13.1 Å². The third-order valence-corrected chi connectivity index (χ3v) is 4.05. The largest absolute Gasteiger partial charge is 0.478 e. The highest BCUT2D eigenvalue weighted by Crippen LogP contribution is 2.29. The van der Waals surface area contributed by atoms with E-state index in [0.29, 0.717) is 11.5 Å². The van der Waals surface area contributed by atoms with Gasteiger partial charge in [0.05, 0.1) is 11.1 Å². The minimum Gasteiger partial charge on any atom is -0.478 e. The number of fused-ring (bicyclic) bond motifs is 1. The number of hydrogen-bond donors (Lipinski definition) is 2. The molecule has 4 nitrogen and oxygen atoms in total. The summed E-state index contributed by atoms with van der Waals surface area (Å²) in [7, 11) is 0. The van der Waals surface area contributed by atoms with Crippen molar-refractivity contribution in [3.63, 3.8) is 0 Å². The fourth-order valence-electron chi connectivity index (χ4n) is 2.92. The highest BCUT2D eigenvalue weighted by molar-refractivity contribution is 6.03. The zero-order valence-electron chi connectivity index (χ0n) is 11.5. The van der Waals surface area contributed by atoms with Gasteiger partial charge in [-0.15, -0.1) is 0 Å². The average Bonchev–Trinajstić information content (AvgIpc) is 2.47. The number of nitrogens with zero attached hydrogens (tertiary/aromatic N) is 1. The maximum absolute atomic E-state index is 11.5. The zero-order valence-corrected chi connectivity index (χ0v) is 11.5. The molecule has 0 amide bonds. The van der Waals surface area contributed by atoms with Gasteiger partial charge in [0.25, 0.3) is 0 Å². The van der Waals surface area contributed by atoms with Crippen LogP contribution in [0.25, 0.3) is 10.9 Å². The summed E-state index contributed by atoms with van der Waals surface area (Å²) in [5, 5.41) is 13.5.